The molecule has 0 bridgehead atoms. The van der Waals surface area contributed by atoms with E-state index in [0.29, 0.717) is 10.8 Å². The van der Waals surface area contributed by atoms with E-state index >= 15 is 0 Å². The summed E-state index contributed by atoms with van der Waals surface area (Å²) in [6, 6.07) is 9.76. The third-order valence-corrected chi connectivity index (χ3v) is 4.25. The van der Waals surface area contributed by atoms with E-state index in [9.17, 15) is 9.90 Å². The van der Waals surface area contributed by atoms with Crippen LogP contribution in [0.2, 0.25) is 0 Å². The first-order chi connectivity index (χ1) is 10.2. The first-order valence-corrected chi connectivity index (χ1v) is 7.93. The highest BCUT2D eigenvalue weighted by atomic mass is 32.2. The minimum atomic E-state index is -0.971. The number of aromatic carboxylic acids is 1. The Labute approximate surface area is 127 Å². The molecule has 1 N–H and O–H groups in total. The summed E-state index contributed by atoms with van der Waals surface area (Å²) in [4.78, 5) is 13.4. The van der Waals surface area contributed by atoms with Crippen LogP contribution in [0.3, 0.4) is 0 Å². The summed E-state index contributed by atoms with van der Waals surface area (Å²) in [6.07, 6.45) is 3.85. The van der Waals surface area contributed by atoms with E-state index in [1.807, 2.05) is 23.1 Å². The second kappa shape index (κ2) is 5.73. The Kier molecular flexibility index (Phi) is 3.79. The van der Waals surface area contributed by atoms with Crippen molar-refractivity contribution in [2.24, 2.45) is 0 Å². The van der Waals surface area contributed by atoms with Gasteiger partial charge in [0.25, 0.3) is 0 Å². The smallest absolute Gasteiger partial charge is 0.338 e. The Morgan fingerprint density at radius 2 is 2.14 bits per heavy atom. The van der Waals surface area contributed by atoms with E-state index in [0.717, 1.165) is 25.1 Å². The van der Waals surface area contributed by atoms with Crippen LogP contribution in [0.5, 0.6) is 0 Å². The zero-order valence-electron chi connectivity index (χ0n) is 11.6. The lowest BCUT2D eigenvalue weighted by atomic mass is 10.0. The molecule has 21 heavy (non-hydrogen) atoms. The first kappa shape index (κ1) is 13.9. The van der Waals surface area contributed by atoms with E-state index < -0.39 is 5.97 Å². The molecule has 0 radical (unpaired) electrons. The van der Waals surface area contributed by atoms with Crippen molar-refractivity contribution in [3.8, 4) is 0 Å². The van der Waals surface area contributed by atoms with Gasteiger partial charge in [0.15, 0.2) is 5.82 Å². The molecule has 1 aromatic heterocycles. The van der Waals surface area contributed by atoms with Crippen LogP contribution >= 0.6 is 11.8 Å². The summed E-state index contributed by atoms with van der Waals surface area (Å²) in [5.41, 5.74) is 2.55. The van der Waals surface area contributed by atoms with Gasteiger partial charge in [-0.25, -0.2) is 4.79 Å². The molecule has 0 atom stereocenters. The summed E-state index contributed by atoms with van der Waals surface area (Å²) in [5.74, 6) is -0.377. The van der Waals surface area contributed by atoms with Crippen molar-refractivity contribution < 1.29 is 9.90 Å². The lowest BCUT2D eigenvalue weighted by Gasteiger charge is -2.30. The molecule has 0 saturated carbocycles. The van der Waals surface area contributed by atoms with Crippen LogP contribution in [-0.2, 0) is 6.42 Å². The van der Waals surface area contributed by atoms with Crippen LogP contribution in [0.1, 0.15) is 22.3 Å². The van der Waals surface area contributed by atoms with Gasteiger partial charge in [-0.15, -0.1) is 22.0 Å². The van der Waals surface area contributed by atoms with Crippen LogP contribution in [-0.4, -0.2) is 34.1 Å². The quantitative estimate of drug-likeness (QED) is 0.879. The number of nitrogens with zero attached hydrogens (tertiary/aromatic N) is 3. The largest absolute Gasteiger partial charge is 0.478 e. The maximum Gasteiger partial charge on any atom is 0.338 e. The lowest BCUT2D eigenvalue weighted by molar-refractivity contribution is 0.0692. The molecule has 0 unspecified atom stereocenters. The van der Waals surface area contributed by atoms with E-state index in [1.165, 1.54) is 17.3 Å². The molecule has 2 aromatic rings. The Bertz CT molecular complexity index is 690. The maximum absolute atomic E-state index is 11.4. The monoisotopic (exact) mass is 301 g/mol. The zero-order chi connectivity index (χ0) is 14.8. The average molecular weight is 301 g/mol. The fraction of sp³-hybridized carbons (Fsp3) is 0.267. The molecule has 0 saturated heterocycles. The third-order valence-electron chi connectivity index (χ3n) is 3.56. The number of hydrogen-bond acceptors (Lipinski definition) is 5. The lowest BCUT2D eigenvalue weighted by Crippen LogP contribution is -2.26. The Hall–Kier alpha value is -2.08. The summed E-state index contributed by atoms with van der Waals surface area (Å²) >= 11 is 1.29. The van der Waals surface area contributed by atoms with Crippen molar-refractivity contribution in [2.75, 3.05) is 17.7 Å². The maximum atomic E-state index is 11.4. The fourth-order valence-corrected chi connectivity index (χ4v) is 3.07. The van der Waals surface area contributed by atoms with Gasteiger partial charge in [0.2, 0.25) is 0 Å². The molecule has 0 amide bonds. The van der Waals surface area contributed by atoms with Crippen molar-refractivity contribution in [2.45, 2.75) is 17.9 Å². The van der Waals surface area contributed by atoms with Gasteiger partial charge in [-0.1, -0.05) is 18.2 Å². The number of anilines is 2. The summed E-state index contributed by atoms with van der Waals surface area (Å²) in [6.45, 7) is 0.823. The molecule has 0 fully saturated rings. The molecule has 6 heteroatoms. The van der Waals surface area contributed by atoms with E-state index in [-0.39, 0.29) is 5.56 Å². The van der Waals surface area contributed by atoms with Crippen molar-refractivity contribution in [3.63, 3.8) is 0 Å². The van der Waals surface area contributed by atoms with Crippen LogP contribution in [0.25, 0.3) is 0 Å². The van der Waals surface area contributed by atoms with Crippen molar-refractivity contribution in [3.05, 3.63) is 41.5 Å². The molecule has 1 aromatic carbocycles. The van der Waals surface area contributed by atoms with Gasteiger partial charge in [-0.05, 0) is 30.7 Å². The number of thioether (sulfide) groups is 1. The summed E-state index contributed by atoms with van der Waals surface area (Å²) < 4.78 is 0. The van der Waals surface area contributed by atoms with Crippen LogP contribution in [0, 0.1) is 0 Å². The third kappa shape index (κ3) is 2.58. The number of para-hydroxylation sites is 1. The first-order valence-electron chi connectivity index (χ1n) is 6.71. The number of fused-ring (bicyclic) bond motifs is 1. The van der Waals surface area contributed by atoms with Gasteiger partial charge in [-0.3, -0.25) is 0 Å². The summed E-state index contributed by atoms with van der Waals surface area (Å²) in [5, 5.41) is 18.0. The Morgan fingerprint density at radius 3 is 2.90 bits per heavy atom. The highest BCUT2D eigenvalue weighted by Crippen LogP contribution is 2.33. The molecule has 1 aliphatic rings. The predicted octanol–water partition coefficient (Wildman–Crippen LogP) is 2.98. The number of carbonyl (C=O) groups is 1. The molecular weight excluding hydrogens is 286 g/mol. The number of rotatable bonds is 3. The minimum Gasteiger partial charge on any atom is -0.478 e. The number of aryl methyl sites for hydroxylation is 1. The number of hydrogen-bond donors (Lipinski definition) is 1. The average Bonchev–Trinajstić information content (AvgIpc) is 2.53. The Morgan fingerprint density at radius 1 is 1.33 bits per heavy atom. The van der Waals surface area contributed by atoms with E-state index in [1.54, 1.807) is 12.3 Å². The normalized spacial score (nSPS) is 13.9. The van der Waals surface area contributed by atoms with Gasteiger partial charge in [0, 0.05) is 18.3 Å². The topological polar surface area (TPSA) is 66.3 Å². The molecule has 1 aliphatic heterocycles. The molecule has 0 spiro atoms. The highest BCUT2D eigenvalue weighted by Gasteiger charge is 2.21. The minimum absolute atomic E-state index is 0.204. The molecule has 5 nitrogen and oxygen atoms in total. The van der Waals surface area contributed by atoms with E-state index in [4.69, 9.17) is 0 Å². The molecule has 2 heterocycles. The van der Waals surface area contributed by atoms with Crippen molar-refractivity contribution in [1.29, 1.82) is 0 Å². The molecular formula is C15H15N3O2S. The second-order valence-electron chi connectivity index (χ2n) is 4.81. The predicted molar refractivity (Wildman–Crippen MR) is 82.5 cm³/mol. The summed E-state index contributed by atoms with van der Waals surface area (Å²) in [7, 11) is 0. The SMILES string of the molecule is CSc1nnc(N2CCCc3ccccc32)cc1C(=O)O. The number of carboxylic acids is 1. The van der Waals surface area contributed by atoms with Gasteiger partial charge in [0.1, 0.15) is 5.03 Å². The van der Waals surface area contributed by atoms with Gasteiger partial charge < -0.3 is 10.0 Å². The fourth-order valence-electron chi connectivity index (χ4n) is 2.58. The zero-order valence-corrected chi connectivity index (χ0v) is 12.4. The highest BCUT2D eigenvalue weighted by molar-refractivity contribution is 7.98. The second-order valence-corrected chi connectivity index (χ2v) is 5.61. The standard InChI is InChI=1S/C15H15N3O2S/c1-21-14-11(15(19)20)9-13(16-17-14)18-8-4-6-10-5-2-3-7-12(10)18/h2-3,5,7,9H,4,6,8H2,1H3,(H,19,20). The van der Waals surface area contributed by atoms with Gasteiger partial charge >= 0.3 is 5.97 Å². The van der Waals surface area contributed by atoms with Crippen LogP contribution in [0.4, 0.5) is 11.5 Å². The number of aromatic nitrogens is 2. The molecule has 3 rings (SSSR count). The number of carboxylic acid groups (broad SMARTS) is 1. The van der Waals surface area contributed by atoms with Crippen LogP contribution < -0.4 is 4.90 Å². The van der Waals surface area contributed by atoms with E-state index in [2.05, 4.69) is 16.3 Å². The Balaban J connectivity index is 2.06. The van der Waals surface area contributed by atoms with Crippen molar-refractivity contribution >= 4 is 29.2 Å². The molecule has 108 valence electrons. The van der Waals surface area contributed by atoms with Crippen LogP contribution in [0.15, 0.2) is 35.4 Å². The molecule has 0 aliphatic carbocycles. The van der Waals surface area contributed by atoms with Gasteiger partial charge in [0.05, 0.1) is 5.56 Å². The van der Waals surface area contributed by atoms with Gasteiger partial charge in [-0.2, -0.15) is 0 Å². The van der Waals surface area contributed by atoms with Crippen molar-refractivity contribution in [1.82, 2.24) is 10.2 Å². The number of benzene rings is 1.